The molecule has 2 aliphatic rings. The van der Waals surface area contributed by atoms with Crippen LogP contribution in [-0.2, 0) is 17.8 Å². The Morgan fingerprint density at radius 2 is 1.60 bits per heavy atom. The van der Waals surface area contributed by atoms with Crippen LogP contribution in [0.1, 0.15) is 36.8 Å². The molecule has 4 N–H and O–H groups in total. The summed E-state index contributed by atoms with van der Waals surface area (Å²) in [5.41, 5.74) is 12.7. The van der Waals surface area contributed by atoms with Gasteiger partial charge in [0.1, 0.15) is 5.65 Å². The summed E-state index contributed by atoms with van der Waals surface area (Å²) in [6, 6.07) is 23.3. The van der Waals surface area contributed by atoms with Crippen molar-refractivity contribution in [1.82, 2.24) is 19.6 Å². The number of carbonyl (C=O) groups is 2. The zero-order valence-electron chi connectivity index (χ0n) is 26.0. The Balaban J connectivity index is 1.16. The van der Waals surface area contributed by atoms with Crippen molar-refractivity contribution in [2.24, 2.45) is 5.73 Å². The molecule has 5 aromatic rings. The third kappa shape index (κ3) is 6.41. The topological polar surface area (TPSA) is 130 Å². The molecule has 1 aliphatic carbocycles. The third-order valence-electron chi connectivity index (χ3n) is 9.25. The lowest BCUT2D eigenvalue weighted by Crippen LogP contribution is -2.42. The van der Waals surface area contributed by atoms with Crippen molar-refractivity contribution in [3.63, 3.8) is 0 Å². The van der Waals surface area contributed by atoms with Crippen LogP contribution in [0, 0.1) is 0 Å². The van der Waals surface area contributed by atoms with Gasteiger partial charge in [0.15, 0.2) is 0 Å². The van der Waals surface area contributed by atoms with E-state index >= 15 is 0 Å². The maximum atomic E-state index is 13.4. The van der Waals surface area contributed by atoms with Crippen molar-refractivity contribution >= 4 is 40.8 Å². The highest BCUT2D eigenvalue weighted by molar-refractivity contribution is 6.39. The van der Waals surface area contributed by atoms with Gasteiger partial charge in [0.25, 0.3) is 5.56 Å². The number of benzene rings is 3. The Labute approximate surface area is 286 Å². The van der Waals surface area contributed by atoms with Crippen LogP contribution < -0.4 is 16.6 Å². The SMILES string of the molecule is NC1(Cc2ccc(-c3cccc(-c4cccc(-c5ccn6c(=O)c(CN(C[C@@H]7CCC(=O)N7)C(=O)O)cnc6c5)c4Cl)c3Cl)cc2)CC1. The molecule has 2 amide bonds. The van der Waals surface area contributed by atoms with E-state index in [1.165, 1.54) is 16.2 Å². The summed E-state index contributed by atoms with van der Waals surface area (Å²) in [5, 5.41) is 13.6. The molecule has 0 spiro atoms. The van der Waals surface area contributed by atoms with E-state index in [9.17, 15) is 19.5 Å². The highest BCUT2D eigenvalue weighted by Crippen LogP contribution is 2.43. The summed E-state index contributed by atoms with van der Waals surface area (Å²) in [7, 11) is 0. The summed E-state index contributed by atoms with van der Waals surface area (Å²) < 4.78 is 1.39. The predicted octanol–water partition coefficient (Wildman–Crippen LogP) is 6.79. The summed E-state index contributed by atoms with van der Waals surface area (Å²) in [5.74, 6) is -0.105. The second-order valence-corrected chi connectivity index (χ2v) is 13.5. The average molecular weight is 683 g/mol. The smallest absolute Gasteiger partial charge is 0.407 e. The fourth-order valence-electron chi connectivity index (χ4n) is 6.36. The fourth-order valence-corrected chi connectivity index (χ4v) is 7.03. The van der Waals surface area contributed by atoms with Gasteiger partial charge in [-0.15, -0.1) is 0 Å². The molecule has 1 aliphatic heterocycles. The Kier molecular flexibility index (Phi) is 8.45. The second kappa shape index (κ2) is 12.7. The Hall–Kier alpha value is -4.70. The number of aromatic nitrogens is 2. The standard InChI is InChI=1S/C37H33Cl2N5O4/c38-33-27(23-9-7-22(8-10-23)18-37(40)14-15-37)3-1-5-29(33)30-6-2-4-28(34(30)39)24-13-16-44-31(17-24)41-19-25(35(44)46)20-43(36(47)48)21-26-11-12-32(45)42-26/h1-10,13,16-17,19,26H,11-12,14-15,18,20-21,40H2,(H,42,45)(H,47,48)/t26-/m0/s1. The molecule has 3 heterocycles. The number of pyridine rings is 1. The van der Waals surface area contributed by atoms with Crippen molar-refractivity contribution in [1.29, 1.82) is 0 Å². The van der Waals surface area contributed by atoms with E-state index in [0.717, 1.165) is 57.5 Å². The molecular formula is C37H33Cl2N5O4. The minimum atomic E-state index is -1.18. The Morgan fingerprint density at radius 3 is 2.21 bits per heavy atom. The highest BCUT2D eigenvalue weighted by atomic mass is 35.5. The number of rotatable bonds is 9. The van der Waals surface area contributed by atoms with Gasteiger partial charge in [0.2, 0.25) is 5.91 Å². The van der Waals surface area contributed by atoms with Gasteiger partial charge in [-0.3, -0.25) is 14.0 Å². The van der Waals surface area contributed by atoms with Gasteiger partial charge >= 0.3 is 6.09 Å². The summed E-state index contributed by atoms with van der Waals surface area (Å²) in [4.78, 5) is 42.5. The first-order chi connectivity index (χ1) is 23.1. The molecule has 11 heteroatoms. The minimum absolute atomic E-state index is 0.0541. The number of amides is 2. The van der Waals surface area contributed by atoms with E-state index in [1.54, 1.807) is 18.3 Å². The monoisotopic (exact) mass is 681 g/mol. The third-order valence-corrected chi connectivity index (χ3v) is 10.1. The number of nitrogens with two attached hydrogens (primary N) is 1. The lowest BCUT2D eigenvalue weighted by Gasteiger charge is -2.22. The predicted molar refractivity (Wildman–Crippen MR) is 187 cm³/mol. The molecule has 0 unspecified atom stereocenters. The van der Waals surface area contributed by atoms with Gasteiger partial charge in [-0.1, -0.05) is 83.9 Å². The quantitative estimate of drug-likeness (QED) is 0.157. The van der Waals surface area contributed by atoms with Crippen LogP contribution in [-0.4, -0.2) is 49.5 Å². The number of hydrogen-bond donors (Lipinski definition) is 3. The zero-order chi connectivity index (χ0) is 33.6. The normalized spacial score (nSPS) is 16.6. The number of nitrogens with one attached hydrogen (secondary N) is 1. The van der Waals surface area contributed by atoms with Crippen LogP contribution in [0.25, 0.3) is 39.0 Å². The lowest BCUT2D eigenvalue weighted by atomic mass is 9.95. The molecule has 9 nitrogen and oxygen atoms in total. The zero-order valence-corrected chi connectivity index (χ0v) is 27.5. The molecule has 3 aromatic carbocycles. The molecule has 1 saturated heterocycles. The van der Waals surface area contributed by atoms with Crippen LogP contribution in [0.5, 0.6) is 0 Å². The van der Waals surface area contributed by atoms with Gasteiger partial charge in [0.05, 0.1) is 22.2 Å². The van der Waals surface area contributed by atoms with Crippen molar-refractivity contribution < 1.29 is 14.7 Å². The fraction of sp³-hybridized carbons (Fsp3) is 0.243. The Bertz CT molecular complexity index is 2130. The Morgan fingerprint density at radius 1 is 0.958 bits per heavy atom. The number of nitrogens with zero attached hydrogens (tertiary/aromatic N) is 3. The molecule has 2 aromatic heterocycles. The minimum Gasteiger partial charge on any atom is -0.465 e. The number of carboxylic acid groups (broad SMARTS) is 1. The first-order valence-electron chi connectivity index (χ1n) is 15.8. The molecule has 2 fully saturated rings. The molecule has 7 rings (SSSR count). The van der Waals surface area contributed by atoms with E-state index in [2.05, 4.69) is 34.6 Å². The van der Waals surface area contributed by atoms with Crippen molar-refractivity contribution in [2.75, 3.05) is 6.54 Å². The van der Waals surface area contributed by atoms with E-state index in [4.69, 9.17) is 28.9 Å². The van der Waals surface area contributed by atoms with Crippen molar-refractivity contribution in [3.05, 3.63) is 117 Å². The maximum absolute atomic E-state index is 13.4. The van der Waals surface area contributed by atoms with E-state index in [0.29, 0.717) is 28.5 Å². The molecule has 1 saturated carbocycles. The van der Waals surface area contributed by atoms with Crippen molar-refractivity contribution in [2.45, 2.75) is 50.2 Å². The molecule has 48 heavy (non-hydrogen) atoms. The summed E-state index contributed by atoms with van der Waals surface area (Å²) in [6.45, 7) is -0.0595. The van der Waals surface area contributed by atoms with E-state index < -0.39 is 6.09 Å². The molecule has 1 atom stereocenters. The molecular weight excluding hydrogens is 649 g/mol. The molecule has 0 radical (unpaired) electrons. The first kappa shape index (κ1) is 31.9. The van der Waals surface area contributed by atoms with Crippen LogP contribution in [0.2, 0.25) is 10.0 Å². The van der Waals surface area contributed by atoms with Gasteiger partial charge < -0.3 is 21.1 Å². The molecule has 244 valence electrons. The molecule has 0 bridgehead atoms. The lowest BCUT2D eigenvalue weighted by molar-refractivity contribution is -0.119. The van der Waals surface area contributed by atoms with Crippen LogP contribution in [0.15, 0.2) is 90.0 Å². The van der Waals surface area contributed by atoms with Crippen LogP contribution >= 0.6 is 23.2 Å². The summed E-state index contributed by atoms with van der Waals surface area (Å²) >= 11 is 14.1. The number of fused-ring (bicyclic) bond motifs is 1. The van der Waals surface area contributed by atoms with Gasteiger partial charge in [-0.2, -0.15) is 0 Å². The van der Waals surface area contributed by atoms with Crippen LogP contribution in [0.4, 0.5) is 4.79 Å². The second-order valence-electron chi connectivity index (χ2n) is 12.8. The van der Waals surface area contributed by atoms with Gasteiger partial charge in [-0.25, -0.2) is 9.78 Å². The maximum Gasteiger partial charge on any atom is 0.407 e. The number of halogens is 2. The highest BCUT2D eigenvalue weighted by Gasteiger charge is 2.37. The number of hydrogen-bond acceptors (Lipinski definition) is 5. The largest absolute Gasteiger partial charge is 0.465 e. The van der Waals surface area contributed by atoms with Crippen LogP contribution in [0.3, 0.4) is 0 Å². The summed E-state index contributed by atoms with van der Waals surface area (Å²) in [6.07, 6.45) is 5.74. The van der Waals surface area contributed by atoms with Crippen molar-refractivity contribution in [3.8, 4) is 33.4 Å². The van der Waals surface area contributed by atoms with Gasteiger partial charge in [-0.05, 0) is 54.5 Å². The van der Waals surface area contributed by atoms with E-state index in [-0.39, 0.29) is 41.7 Å². The van der Waals surface area contributed by atoms with Gasteiger partial charge in [0, 0.05) is 59.2 Å². The average Bonchev–Trinajstić information content (AvgIpc) is 3.66. The first-order valence-corrected chi connectivity index (χ1v) is 16.6. The van der Waals surface area contributed by atoms with E-state index in [1.807, 2.05) is 36.4 Å². The number of carbonyl (C=O) groups excluding carboxylic acids is 1.